The highest BCUT2D eigenvalue weighted by atomic mass is 16.5. The second kappa shape index (κ2) is 35.9. The summed E-state index contributed by atoms with van der Waals surface area (Å²) in [5, 5.41) is 0. The summed E-state index contributed by atoms with van der Waals surface area (Å²) in [6.07, 6.45) is 42.3. The quantitative estimate of drug-likeness (QED) is 0.0440. The third kappa shape index (κ3) is 34.9. The maximum absolute atomic E-state index is 12.0. The van der Waals surface area contributed by atoms with Gasteiger partial charge in [-0.25, -0.2) is 0 Å². The molecule has 0 heterocycles. The smallest absolute Gasteiger partial charge is 0.305 e. The van der Waals surface area contributed by atoms with Gasteiger partial charge in [-0.1, -0.05) is 141 Å². The largest absolute Gasteiger partial charge is 0.464 e. The first kappa shape index (κ1) is 42.4. The Hall–Kier alpha value is -1.62. The molecule has 0 spiro atoms. The SMILES string of the molecule is CCCCCCCC/C=C/CCCCCCCC(=O)OCC(N)COC(=O)CCCCCCC/C=C/CCCCCCCC. The number of hydrogen-bond donors (Lipinski definition) is 1. The Kier molecular flexibility index (Phi) is 34.5. The molecule has 0 aromatic rings. The fourth-order valence-electron chi connectivity index (χ4n) is 5.27. The summed E-state index contributed by atoms with van der Waals surface area (Å²) in [6, 6.07) is -0.467. The Morgan fingerprint density at radius 3 is 1.05 bits per heavy atom. The Bertz CT molecular complexity index is 619. The molecule has 0 fully saturated rings. The number of rotatable bonds is 34. The first-order valence-corrected chi connectivity index (χ1v) is 19.0. The van der Waals surface area contributed by atoms with Crippen molar-refractivity contribution in [1.82, 2.24) is 0 Å². The van der Waals surface area contributed by atoms with Crippen LogP contribution in [-0.4, -0.2) is 31.2 Å². The average Bonchev–Trinajstić information content (AvgIpc) is 3.02. The molecule has 0 saturated carbocycles. The van der Waals surface area contributed by atoms with Gasteiger partial charge in [0, 0.05) is 12.8 Å². The number of hydrogen-bond acceptors (Lipinski definition) is 5. The molecule has 0 radical (unpaired) electrons. The molecule has 5 heteroatoms. The van der Waals surface area contributed by atoms with Crippen LogP contribution in [0.1, 0.15) is 194 Å². The van der Waals surface area contributed by atoms with Gasteiger partial charge in [-0.2, -0.15) is 0 Å². The lowest BCUT2D eigenvalue weighted by Gasteiger charge is -2.13. The highest BCUT2D eigenvalue weighted by molar-refractivity contribution is 5.69. The second-order valence-electron chi connectivity index (χ2n) is 12.8. The molecule has 0 amide bonds. The summed E-state index contributed by atoms with van der Waals surface area (Å²) in [4.78, 5) is 24.0. The number of ether oxygens (including phenoxy) is 2. The van der Waals surface area contributed by atoms with Crippen LogP contribution in [0.5, 0.6) is 0 Å². The number of unbranched alkanes of at least 4 members (excludes halogenated alkanes) is 22. The highest BCUT2D eigenvalue weighted by Crippen LogP contribution is 2.12. The minimum atomic E-state index is -0.467. The van der Waals surface area contributed by atoms with Crippen LogP contribution in [0.3, 0.4) is 0 Å². The van der Waals surface area contributed by atoms with E-state index in [0.717, 1.165) is 51.4 Å². The lowest BCUT2D eigenvalue weighted by atomic mass is 10.1. The highest BCUT2D eigenvalue weighted by Gasteiger charge is 2.11. The minimum Gasteiger partial charge on any atom is -0.464 e. The van der Waals surface area contributed by atoms with Gasteiger partial charge in [-0.05, 0) is 64.2 Å². The van der Waals surface area contributed by atoms with E-state index in [9.17, 15) is 9.59 Å². The maximum atomic E-state index is 12.0. The van der Waals surface area contributed by atoms with Crippen molar-refractivity contribution in [3.05, 3.63) is 24.3 Å². The van der Waals surface area contributed by atoms with Crippen molar-refractivity contribution in [2.24, 2.45) is 5.73 Å². The summed E-state index contributed by atoms with van der Waals surface area (Å²) in [7, 11) is 0. The van der Waals surface area contributed by atoms with Crippen LogP contribution in [0.2, 0.25) is 0 Å². The van der Waals surface area contributed by atoms with Crippen molar-refractivity contribution in [3.8, 4) is 0 Å². The molecule has 0 unspecified atom stereocenters. The average molecular weight is 620 g/mol. The van der Waals surface area contributed by atoms with Crippen LogP contribution in [0.15, 0.2) is 24.3 Å². The number of nitrogens with two attached hydrogens (primary N) is 1. The van der Waals surface area contributed by atoms with Crippen LogP contribution >= 0.6 is 0 Å². The van der Waals surface area contributed by atoms with E-state index < -0.39 is 6.04 Å². The van der Waals surface area contributed by atoms with Gasteiger partial charge >= 0.3 is 11.9 Å². The van der Waals surface area contributed by atoms with E-state index in [-0.39, 0.29) is 25.2 Å². The molecule has 0 aromatic carbocycles. The summed E-state index contributed by atoms with van der Waals surface area (Å²) in [6.45, 7) is 4.73. The first-order valence-electron chi connectivity index (χ1n) is 19.0. The van der Waals surface area contributed by atoms with Gasteiger partial charge < -0.3 is 15.2 Å². The van der Waals surface area contributed by atoms with Crippen LogP contribution < -0.4 is 5.73 Å². The summed E-state index contributed by atoms with van der Waals surface area (Å²) in [5.41, 5.74) is 5.98. The third-order valence-electron chi connectivity index (χ3n) is 8.20. The molecule has 0 aromatic heterocycles. The molecule has 0 atom stereocenters. The fourth-order valence-corrected chi connectivity index (χ4v) is 5.27. The Morgan fingerprint density at radius 2 is 0.727 bits per heavy atom. The van der Waals surface area contributed by atoms with Crippen molar-refractivity contribution in [1.29, 1.82) is 0 Å². The van der Waals surface area contributed by atoms with Gasteiger partial charge in [0.2, 0.25) is 0 Å². The van der Waals surface area contributed by atoms with E-state index in [1.54, 1.807) is 0 Å². The van der Waals surface area contributed by atoms with E-state index >= 15 is 0 Å². The maximum Gasteiger partial charge on any atom is 0.305 e. The molecule has 5 nitrogen and oxygen atoms in total. The Balaban J connectivity index is 3.45. The van der Waals surface area contributed by atoms with E-state index in [0.29, 0.717) is 12.8 Å². The molecule has 0 rings (SSSR count). The number of carbonyl (C=O) groups excluding carboxylic acids is 2. The van der Waals surface area contributed by atoms with Crippen molar-refractivity contribution >= 4 is 11.9 Å². The zero-order chi connectivity index (χ0) is 32.2. The molecule has 0 saturated heterocycles. The molecule has 0 bridgehead atoms. The number of allylic oxidation sites excluding steroid dienone is 4. The molecule has 258 valence electrons. The van der Waals surface area contributed by atoms with E-state index in [1.807, 2.05) is 0 Å². The van der Waals surface area contributed by atoms with Crippen molar-refractivity contribution in [2.45, 2.75) is 200 Å². The van der Waals surface area contributed by atoms with E-state index in [2.05, 4.69) is 38.2 Å². The first-order chi connectivity index (χ1) is 21.6. The molecule has 0 aliphatic carbocycles. The molecule has 44 heavy (non-hydrogen) atoms. The summed E-state index contributed by atoms with van der Waals surface area (Å²) >= 11 is 0. The Labute approximate surface area is 273 Å². The van der Waals surface area contributed by atoms with Crippen molar-refractivity contribution in [3.63, 3.8) is 0 Å². The van der Waals surface area contributed by atoms with Crippen LogP contribution in [0.25, 0.3) is 0 Å². The van der Waals surface area contributed by atoms with Gasteiger partial charge in [0.15, 0.2) is 0 Å². The van der Waals surface area contributed by atoms with Gasteiger partial charge in [-0.15, -0.1) is 0 Å². The van der Waals surface area contributed by atoms with Crippen LogP contribution in [0.4, 0.5) is 0 Å². The second-order valence-corrected chi connectivity index (χ2v) is 12.8. The third-order valence-corrected chi connectivity index (χ3v) is 8.20. The zero-order valence-electron chi connectivity index (χ0n) is 29.3. The topological polar surface area (TPSA) is 78.6 Å². The van der Waals surface area contributed by atoms with Gasteiger partial charge in [0.25, 0.3) is 0 Å². The number of esters is 2. The van der Waals surface area contributed by atoms with Crippen LogP contribution in [-0.2, 0) is 19.1 Å². The van der Waals surface area contributed by atoms with Crippen LogP contribution in [0, 0.1) is 0 Å². The normalized spacial score (nSPS) is 11.7. The summed E-state index contributed by atoms with van der Waals surface area (Å²) in [5.74, 6) is -0.421. The molecule has 2 N–H and O–H groups in total. The monoisotopic (exact) mass is 620 g/mol. The van der Waals surface area contributed by atoms with E-state index in [1.165, 1.54) is 116 Å². The molecule has 0 aliphatic heterocycles. The van der Waals surface area contributed by atoms with E-state index in [4.69, 9.17) is 15.2 Å². The van der Waals surface area contributed by atoms with Crippen molar-refractivity contribution < 1.29 is 19.1 Å². The lowest BCUT2D eigenvalue weighted by Crippen LogP contribution is -2.33. The minimum absolute atomic E-state index is 0.102. The van der Waals surface area contributed by atoms with Gasteiger partial charge in [0.1, 0.15) is 13.2 Å². The fraction of sp³-hybridized carbons (Fsp3) is 0.846. The van der Waals surface area contributed by atoms with Gasteiger partial charge in [-0.3, -0.25) is 9.59 Å². The number of carbonyl (C=O) groups is 2. The Morgan fingerprint density at radius 1 is 0.455 bits per heavy atom. The molecule has 0 aliphatic rings. The standard InChI is InChI=1S/C39H73NO4/c1-3-5-7-9-11-13-15-17-19-21-23-25-27-29-31-33-38(41)43-35-37(40)36-44-39(42)34-32-30-28-26-24-22-20-18-16-14-12-10-8-6-4-2/h17-20,37H,3-16,21-36,40H2,1-2H3/b19-17+,20-18+. The molecular formula is C39H73NO4. The molecular weight excluding hydrogens is 546 g/mol. The zero-order valence-corrected chi connectivity index (χ0v) is 29.3. The van der Waals surface area contributed by atoms with Gasteiger partial charge in [0.05, 0.1) is 6.04 Å². The van der Waals surface area contributed by atoms with Crippen molar-refractivity contribution in [2.75, 3.05) is 13.2 Å². The predicted molar refractivity (Wildman–Crippen MR) is 189 cm³/mol. The summed E-state index contributed by atoms with van der Waals surface area (Å²) < 4.78 is 10.6. The lowest BCUT2D eigenvalue weighted by molar-refractivity contribution is -0.147. The predicted octanol–water partition coefficient (Wildman–Crippen LogP) is 11.5.